The van der Waals surface area contributed by atoms with E-state index in [0.29, 0.717) is 0 Å². The van der Waals surface area contributed by atoms with E-state index in [1.807, 2.05) is 0 Å². The van der Waals surface area contributed by atoms with Gasteiger partial charge in [0.25, 0.3) is 0 Å². The summed E-state index contributed by atoms with van der Waals surface area (Å²) in [7, 11) is 0. The van der Waals surface area contributed by atoms with Gasteiger partial charge in [0.2, 0.25) is 0 Å². The van der Waals surface area contributed by atoms with Crippen molar-refractivity contribution >= 4 is 11.7 Å². The van der Waals surface area contributed by atoms with Gasteiger partial charge in [0.05, 0.1) is 0 Å². The third kappa shape index (κ3) is 2.71. The molecule has 1 aromatic carbocycles. The largest absolute Gasteiger partial charge is 0.480 e. The van der Waals surface area contributed by atoms with E-state index in [1.54, 1.807) is 24.3 Å². The standard InChI is InChI=1S/C8H8NO2/c10-8(11)6-9-7-4-2-1-3-5-7/h1-2,4-5,9H,6H2,(H,10,11). The average Bonchev–Trinajstić information content (AvgIpc) is 2.03. The monoisotopic (exact) mass is 150 g/mol. The van der Waals surface area contributed by atoms with Crippen molar-refractivity contribution in [2.24, 2.45) is 0 Å². The third-order valence-corrected chi connectivity index (χ3v) is 1.15. The summed E-state index contributed by atoms with van der Waals surface area (Å²) in [6.45, 7) is -0.0577. The second-order valence-electron chi connectivity index (χ2n) is 2.04. The summed E-state index contributed by atoms with van der Waals surface area (Å²) in [5.74, 6) is -0.867. The summed E-state index contributed by atoms with van der Waals surface area (Å²) >= 11 is 0. The molecule has 1 aromatic rings. The number of benzene rings is 1. The van der Waals surface area contributed by atoms with E-state index in [2.05, 4.69) is 11.4 Å². The topological polar surface area (TPSA) is 49.3 Å². The molecule has 0 spiro atoms. The second kappa shape index (κ2) is 3.61. The van der Waals surface area contributed by atoms with Crippen molar-refractivity contribution in [3.8, 4) is 0 Å². The normalized spacial score (nSPS) is 9.09. The van der Waals surface area contributed by atoms with Crippen molar-refractivity contribution in [3.63, 3.8) is 0 Å². The van der Waals surface area contributed by atoms with Gasteiger partial charge < -0.3 is 10.4 Å². The number of carbonyl (C=O) groups is 1. The highest BCUT2D eigenvalue weighted by Crippen LogP contribution is 2.02. The van der Waals surface area contributed by atoms with Crippen LogP contribution in [0.2, 0.25) is 0 Å². The Hall–Kier alpha value is -1.51. The molecule has 0 aliphatic rings. The van der Waals surface area contributed by atoms with Crippen molar-refractivity contribution in [3.05, 3.63) is 30.3 Å². The first-order chi connectivity index (χ1) is 5.29. The van der Waals surface area contributed by atoms with Crippen LogP contribution in [0.4, 0.5) is 5.69 Å². The minimum absolute atomic E-state index is 0.0577. The fourth-order valence-corrected chi connectivity index (χ4v) is 0.681. The second-order valence-corrected chi connectivity index (χ2v) is 2.04. The Morgan fingerprint density at radius 3 is 3.09 bits per heavy atom. The van der Waals surface area contributed by atoms with Crippen LogP contribution < -0.4 is 5.32 Å². The quantitative estimate of drug-likeness (QED) is 0.675. The van der Waals surface area contributed by atoms with Crippen molar-refractivity contribution in [2.75, 3.05) is 11.9 Å². The minimum Gasteiger partial charge on any atom is -0.480 e. The Morgan fingerprint density at radius 2 is 2.55 bits per heavy atom. The molecule has 0 aromatic heterocycles. The molecule has 0 bridgehead atoms. The van der Waals surface area contributed by atoms with Gasteiger partial charge in [-0.05, 0) is 18.2 Å². The zero-order valence-electron chi connectivity index (χ0n) is 5.87. The molecular weight excluding hydrogens is 142 g/mol. The van der Waals surface area contributed by atoms with Crippen molar-refractivity contribution < 1.29 is 9.90 Å². The molecule has 57 valence electrons. The molecule has 0 aliphatic heterocycles. The van der Waals surface area contributed by atoms with Crippen LogP contribution in [0, 0.1) is 6.07 Å². The van der Waals surface area contributed by atoms with Gasteiger partial charge in [-0.25, -0.2) is 0 Å². The van der Waals surface area contributed by atoms with Crippen molar-refractivity contribution in [2.45, 2.75) is 0 Å². The number of hydrogen-bond donors (Lipinski definition) is 2. The van der Waals surface area contributed by atoms with Crippen LogP contribution in [-0.4, -0.2) is 17.6 Å². The lowest BCUT2D eigenvalue weighted by Gasteiger charge is -2.00. The van der Waals surface area contributed by atoms with Crippen LogP contribution in [-0.2, 0) is 4.79 Å². The Labute approximate surface area is 64.7 Å². The maximum absolute atomic E-state index is 10.1. The summed E-state index contributed by atoms with van der Waals surface area (Å²) in [5.41, 5.74) is 0.773. The lowest BCUT2D eigenvalue weighted by Crippen LogP contribution is -2.11. The van der Waals surface area contributed by atoms with Gasteiger partial charge in [0.15, 0.2) is 0 Å². The van der Waals surface area contributed by atoms with E-state index >= 15 is 0 Å². The smallest absolute Gasteiger partial charge is 0.322 e. The third-order valence-electron chi connectivity index (χ3n) is 1.15. The fourth-order valence-electron chi connectivity index (χ4n) is 0.681. The number of aliphatic carboxylic acids is 1. The first-order valence-electron chi connectivity index (χ1n) is 3.21. The zero-order chi connectivity index (χ0) is 8.10. The molecule has 0 aliphatic carbocycles. The van der Waals surface area contributed by atoms with E-state index in [9.17, 15) is 4.79 Å². The van der Waals surface area contributed by atoms with E-state index in [4.69, 9.17) is 5.11 Å². The highest BCUT2D eigenvalue weighted by Gasteiger charge is 1.94. The fraction of sp³-hybridized carbons (Fsp3) is 0.125. The average molecular weight is 150 g/mol. The number of rotatable bonds is 3. The highest BCUT2D eigenvalue weighted by molar-refractivity contribution is 5.72. The summed E-state index contributed by atoms with van der Waals surface area (Å²) in [6.07, 6.45) is 0. The first-order valence-corrected chi connectivity index (χ1v) is 3.21. The Morgan fingerprint density at radius 1 is 1.73 bits per heavy atom. The maximum atomic E-state index is 10.1. The zero-order valence-corrected chi connectivity index (χ0v) is 5.87. The first kappa shape index (κ1) is 7.60. The van der Waals surface area contributed by atoms with Gasteiger partial charge >= 0.3 is 5.97 Å². The van der Waals surface area contributed by atoms with Gasteiger partial charge in [0.1, 0.15) is 6.54 Å². The van der Waals surface area contributed by atoms with Crippen LogP contribution in [0.3, 0.4) is 0 Å². The molecular formula is C8H8NO2. The van der Waals surface area contributed by atoms with Gasteiger partial charge in [-0.3, -0.25) is 4.79 Å². The lowest BCUT2D eigenvalue weighted by atomic mass is 10.3. The van der Waals surface area contributed by atoms with Gasteiger partial charge in [-0.15, -0.1) is 0 Å². The molecule has 11 heavy (non-hydrogen) atoms. The molecule has 0 saturated carbocycles. The Balaban J connectivity index is 2.45. The predicted octanol–water partition coefficient (Wildman–Crippen LogP) is 0.983. The number of hydrogen-bond acceptors (Lipinski definition) is 2. The van der Waals surface area contributed by atoms with Gasteiger partial charge in [-0.1, -0.05) is 12.1 Å². The number of nitrogens with one attached hydrogen (secondary N) is 1. The van der Waals surface area contributed by atoms with Crippen molar-refractivity contribution in [1.29, 1.82) is 0 Å². The predicted molar refractivity (Wildman–Crippen MR) is 41.4 cm³/mol. The van der Waals surface area contributed by atoms with Crippen LogP contribution in [0.1, 0.15) is 0 Å². The summed E-state index contributed by atoms with van der Waals surface area (Å²) in [6, 6.07) is 9.87. The van der Waals surface area contributed by atoms with E-state index in [0.717, 1.165) is 5.69 Å². The van der Waals surface area contributed by atoms with Gasteiger partial charge in [0, 0.05) is 5.69 Å². The number of carboxylic acids is 1. The Bertz CT molecular complexity index is 233. The summed E-state index contributed by atoms with van der Waals surface area (Å²) in [5, 5.41) is 11.0. The van der Waals surface area contributed by atoms with E-state index in [-0.39, 0.29) is 6.54 Å². The van der Waals surface area contributed by atoms with Crippen LogP contribution in [0.15, 0.2) is 24.3 Å². The van der Waals surface area contributed by atoms with Gasteiger partial charge in [-0.2, -0.15) is 0 Å². The Kier molecular flexibility index (Phi) is 2.49. The minimum atomic E-state index is -0.867. The highest BCUT2D eigenvalue weighted by atomic mass is 16.4. The molecule has 0 heterocycles. The molecule has 0 amide bonds. The lowest BCUT2D eigenvalue weighted by molar-refractivity contribution is -0.134. The molecule has 3 heteroatoms. The van der Waals surface area contributed by atoms with Crippen LogP contribution in [0.25, 0.3) is 0 Å². The molecule has 0 fully saturated rings. The maximum Gasteiger partial charge on any atom is 0.322 e. The van der Waals surface area contributed by atoms with E-state index < -0.39 is 5.97 Å². The number of carboxylic acid groups (broad SMARTS) is 1. The molecule has 2 N–H and O–H groups in total. The van der Waals surface area contributed by atoms with Crippen molar-refractivity contribution in [1.82, 2.24) is 0 Å². The molecule has 0 unspecified atom stereocenters. The molecule has 1 rings (SSSR count). The van der Waals surface area contributed by atoms with Crippen LogP contribution in [0.5, 0.6) is 0 Å². The molecule has 0 atom stereocenters. The SMILES string of the molecule is O=C(O)CNc1c[c]ccc1. The molecule has 0 saturated heterocycles. The summed E-state index contributed by atoms with van der Waals surface area (Å²) < 4.78 is 0. The molecule has 3 nitrogen and oxygen atoms in total. The summed E-state index contributed by atoms with van der Waals surface area (Å²) in [4.78, 5) is 10.1. The van der Waals surface area contributed by atoms with Crippen LogP contribution >= 0.6 is 0 Å². The number of anilines is 1. The van der Waals surface area contributed by atoms with E-state index in [1.165, 1.54) is 0 Å². The molecule has 1 radical (unpaired) electrons.